The van der Waals surface area contributed by atoms with Crippen LogP contribution in [0.1, 0.15) is 51.4 Å². The zero-order chi connectivity index (χ0) is 14.8. The molecule has 0 aromatic heterocycles. The third kappa shape index (κ3) is 3.03. The van der Waals surface area contributed by atoms with Gasteiger partial charge in [-0.25, -0.2) is 0 Å². The van der Waals surface area contributed by atoms with Gasteiger partial charge in [-0.05, 0) is 56.1 Å². The van der Waals surface area contributed by atoms with Crippen molar-refractivity contribution in [1.82, 2.24) is 0 Å². The van der Waals surface area contributed by atoms with Crippen LogP contribution < -0.4 is 10.1 Å². The van der Waals surface area contributed by atoms with E-state index in [9.17, 15) is 5.11 Å². The van der Waals surface area contributed by atoms with Gasteiger partial charge in [0, 0.05) is 11.8 Å². The number of anilines is 1. The molecular weight excluding hydrogens is 262 g/mol. The zero-order valence-corrected chi connectivity index (χ0v) is 13.0. The first-order valence-electron chi connectivity index (χ1n) is 8.22. The molecule has 3 rings (SSSR count). The van der Waals surface area contributed by atoms with Crippen molar-refractivity contribution < 1.29 is 9.84 Å². The molecule has 0 saturated heterocycles. The zero-order valence-electron chi connectivity index (χ0n) is 13.0. The molecule has 0 unspecified atom stereocenters. The predicted octanol–water partition coefficient (Wildman–Crippen LogP) is 3.97. The average Bonchev–Trinajstić information content (AvgIpc) is 2.99. The molecule has 0 amide bonds. The number of nitrogens with one attached hydrogen (secondary N) is 1. The topological polar surface area (TPSA) is 41.5 Å². The first-order chi connectivity index (χ1) is 10.2. The molecule has 0 radical (unpaired) electrons. The minimum atomic E-state index is -0.153. The number of rotatable bonds is 4. The van der Waals surface area contributed by atoms with Gasteiger partial charge in [-0.3, -0.25) is 0 Å². The molecule has 2 aliphatic rings. The molecule has 2 aliphatic carbocycles. The maximum absolute atomic E-state index is 9.97. The number of aliphatic hydroxyl groups excluding tert-OH is 1. The highest BCUT2D eigenvalue weighted by Crippen LogP contribution is 2.51. The van der Waals surface area contributed by atoms with Gasteiger partial charge in [-0.1, -0.05) is 18.9 Å². The fourth-order valence-electron chi connectivity index (χ4n) is 4.21. The van der Waals surface area contributed by atoms with Crippen LogP contribution in [0, 0.1) is 5.41 Å². The molecular formula is C18H27NO2. The van der Waals surface area contributed by atoms with Gasteiger partial charge in [0.05, 0.1) is 19.3 Å². The molecule has 1 spiro atoms. The lowest BCUT2D eigenvalue weighted by Gasteiger charge is -2.45. The summed E-state index contributed by atoms with van der Waals surface area (Å²) >= 11 is 0. The van der Waals surface area contributed by atoms with Crippen LogP contribution in [0.5, 0.6) is 5.75 Å². The van der Waals surface area contributed by atoms with Crippen LogP contribution in [-0.2, 0) is 0 Å². The highest BCUT2D eigenvalue weighted by atomic mass is 16.5. The van der Waals surface area contributed by atoms with Crippen molar-refractivity contribution in [3.8, 4) is 5.75 Å². The van der Waals surface area contributed by atoms with E-state index in [1.165, 1.54) is 38.5 Å². The van der Waals surface area contributed by atoms with Gasteiger partial charge in [0.1, 0.15) is 5.75 Å². The summed E-state index contributed by atoms with van der Waals surface area (Å²) in [5.41, 5.74) is 1.49. The van der Waals surface area contributed by atoms with Gasteiger partial charge in [-0.15, -0.1) is 0 Å². The highest BCUT2D eigenvalue weighted by molar-refractivity contribution is 5.50. The van der Waals surface area contributed by atoms with Gasteiger partial charge < -0.3 is 15.2 Å². The monoisotopic (exact) mass is 289 g/mol. The molecule has 0 bridgehead atoms. The Morgan fingerprint density at radius 3 is 2.43 bits per heavy atom. The Hall–Kier alpha value is -1.22. The van der Waals surface area contributed by atoms with Gasteiger partial charge in [0.25, 0.3) is 0 Å². The highest BCUT2D eigenvalue weighted by Gasteiger charge is 2.43. The van der Waals surface area contributed by atoms with E-state index in [1.807, 2.05) is 18.2 Å². The van der Waals surface area contributed by atoms with E-state index < -0.39 is 0 Å². The number of benzene rings is 1. The smallest absolute Gasteiger partial charge is 0.120 e. The lowest BCUT2D eigenvalue weighted by Crippen LogP contribution is -2.47. The van der Waals surface area contributed by atoms with Crippen molar-refractivity contribution in [2.45, 2.75) is 56.9 Å². The van der Waals surface area contributed by atoms with Gasteiger partial charge in [0.15, 0.2) is 0 Å². The predicted molar refractivity (Wildman–Crippen MR) is 85.8 cm³/mol. The lowest BCUT2D eigenvalue weighted by molar-refractivity contribution is 0.100. The molecule has 0 aliphatic heterocycles. The summed E-state index contributed by atoms with van der Waals surface area (Å²) in [5.74, 6) is 0.858. The largest absolute Gasteiger partial charge is 0.497 e. The molecule has 3 heteroatoms. The first-order valence-corrected chi connectivity index (χ1v) is 8.22. The maximum atomic E-state index is 9.97. The van der Waals surface area contributed by atoms with E-state index >= 15 is 0 Å². The molecule has 1 aromatic carbocycles. The Labute approximate surface area is 127 Å². The number of ether oxygens (including phenoxy) is 1. The van der Waals surface area contributed by atoms with E-state index in [0.29, 0.717) is 5.41 Å². The van der Waals surface area contributed by atoms with Crippen molar-refractivity contribution in [3.63, 3.8) is 0 Å². The molecule has 1 aromatic rings. The van der Waals surface area contributed by atoms with E-state index in [0.717, 1.165) is 24.3 Å². The van der Waals surface area contributed by atoms with Crippen LogP contribution >= 0.6 is 0 Å². The summed E-state index contributed by atoms with van der Waals surface area (Å²) in [6.07, 6.45) is 10.2. The average molecular weight is 289 g/mol. The van der Waals surface area contributed by atoms with Crippen LogP contribution in [0.2, 0.25) is 0 Å². The van der Waals surface area contributed by atoms with E-state index in [2.05, 4.69) is 11.4 Å². The molecule has 21 heavy (non-hydrogen) atoms. The number of hydrogen-bond acceptors (Lipinski definition) is 3. The summed E-state index contributed by atoms with van der Waals surface area (Å²) < 4.78 is 5.28. The normalized spacial score (nSPS) is 23.1. The van der Waals surface area contributed by atoms with E-state index in [-0.39, 0.29) is 12.1 Å². The van der Waals surface area contributed by atoms with Gasteiger partial charge in [-0.2, -0.15) is 0 Å². The standard InChI is InChI=1S/C18H27NO2/c1-21-16-6-4-5-15(13-16)19-18(14-20)11-9-17(10-12-18)7-2-3-8-17/h4-6,13,19-20H,2-3,7-12,14H2,1H3. The fraction of sp³-hybridized carbons (Fsp3) is 0.667. The van der Waals surface area contributed by atoms with E-state index in [1.54, 1.807) is 7.11 Å². The van der Waals surface area contributed by atoms with Crippen LogP contribution in [0.15, 0.2) is 24.3 Å². The van der Waals surface area contributed by atoms with Crippen molar-refractivity contribution in [2.75, 3.05) is 19.0 Å². The molecule has 2 fully saturated rings. The van der Waals surface area contributed by atoms with Crippen molar-refractivity contribution in [2.24, 2.45) is 5.41 Å². The quantitative estimate of drug-likeness (QED) is 0.881. The lowest BCUT2D eigenvalue weighted by atomic mass is 9.66. The number of methoxy groups -OCH3 is 1. The van der Waals surface area contributed by atoms with Crippen LogP contribution in [0.4, 0.5) is 5.69 Å². The maximum Gasteiger partial charge on any atom is 0.120 e. The minimum absolute atomic E-state index is 0.153. The van der Waals surface area contributed by atoms with Gasteiger partial charge >= 0.3 is 0 Å². The molecule has 2 saturated carbocycles. The summed E-state index contributed by atoms with van der Waals surface area (Å²) in [7, 11) is 1.69. The third-order valence-electron chi connectivity index (χ3n) is 5.71. The van der Waals surface area contributed by atoms with Crippen LogP contribution in [-0.4, -0.2) is 24.4 Å². The number of aliphatic hydroxyl groups is 1. The number of hydrogen-bond donors (Lipinski definition) is 2. The van der Waals surface area contributed by atoms with Crippen molar-refractivity contribution in [3.05, 3.63) is 24.3 Å². The second kappa shape index (κ2) is 5.88. The minimum Gasteiger partial charge on any atom is -0.497 e. The van der Waals surface area contributed by atoms with Gasteiger partial charge in [0.2, 0.25) is 0 Å². The molecule has 116 valence electrons. The first kappa shape index (κ1) is 14.7. The Morgan fingerprint density at radius 1 is 1.10 bits per heavy atom. The third-order valence-corrected chi connectivity index (χ3v) is 5.71. The Balaban J connectivity index is 1.70. The fourth-order valence-corrected chi connectivity index (χ4v) is 4.21. The van der Waals surface area contributed by atoms with Crippen molar-refractivity contribution in [1.29, 1.82) is 0 Å². The molecule has 0 atom stereocenters. The van der Waals surface area contributed by atoms with E-state index in [4.69, 9.17) is 4.74 Å². The molecule has 2 N–H and O–H groups in total. The molecule has 3 nitrogen and oxygen atoms in total. The second-order valence-corrected chi connectivity index (χ2v) is 7.00. The van der Waals surface area contributed by atoms with Crippen LogP contribution in [0.3, 0.4) is 0 Å². The summed E-state index contributed by atoms with van der Waals surface area (Å²) in [6, 6.07) is 8.01. The molecule has 0 heterocycles. The summed E-state index contributed by atoms with van der Waals surface area (Å²) in [4.78, 5) is 0. The second-order valence-electron chi connectivity index (χ2n) is 7.00. The Morgan fingerprint density at radius 2 is 1.81 bits per heavy atom. The van der Waals surface area contributed by atoms with Crippen molar-refractivity contribution >= 4 is 5.69 Å². The van der Waals surface area contributed by atoms with Crippen LogP contribution in [0.25, 0.3) is 0 Å². The Kier molecular flexibility index (Phi) is 4.12. The Bertz CT molecular complexity index is 470. The summed E-state index contributed by atoms with van der Waals surface area (Å²) in [6.45, 7) is 0.209. The SMILES string of the molecule is COc1cccc(NC2(CO)CCC3(CCCC3)CC2)c1. The summed E-state index contributed by atoms with van der Waals surface area (Å²) in [5, 5.41) is 13.6.